The van der Waals surface area contributed by atoms with Gasteiger partial charge >= 0.3 is 6.18 Å². The summed E-state index contributed by atoms with van der Waals surface area (Å²) < 4.78 is 42.1. The van der Waals surface area contributed by atoms with Crippen LogP contribution >= 0.6 is 23.2 Å². The summed E-state index contributed by atoms with van der Waals surface area (Å²) in [5.41, 5.74) is -1.96. The van der Waals surface area contributed by atoms with Crippen molar-refractivity contribution >= 4 is 29.1 Å². The van der Waals surface area contributed by atoms with Crippen LogP contribution in [-0.4, -0.2) is 32.4 Å². The molecule has 1 heterocycles. The molecule has 4 nitrogen and oxygen atoms in total. The van der Waals surface area contributed by atoms with Gasteiger partial charge in [-0.15, -0.1) is 0 Å². The monoisotopic (exact) mass is 407 g/mol. The highest BCUT2D eigenvalue weighted by Crippen LogP contribution is 2.38. The molecule has 142 valence electrons. The summed E-state index contributed by atoms with van der Waals surface area (Å²) in [6.07, 6.45) is -3.91. The molecule has 1 amide bonds. The average molecular weight is 408 g/mol. The van der Waals surface area contributed by atoms with Gasteiger partial charge in [0.05, 0.1) is 15.7 Å². The summed E-state index contributed by atoms with van der Waals surface area (Å²) >= 11 is 12.1. The molecule has 0 aliphatic rings. The Hall–Kier alpha value is -1.73. The minimum atomic E-state index is -4.83. The van der Waals surface area contributed by atoms with Crippen LogP contribution < -0.4 is 0 Å². The first-order chi connectivity index (χ1) is 12.0. The van der Waals surface area contributed by atoms with E-state index < -0.39 is 23.5 Å². The van der Waals surface area contributed by atoms with Gasteiger partial charge in [-0.2, -0.15) is 13.2 Å². The normalized spacial score (nSPS) is 12.1. The van der Waals surface area contributed by atoms with Gasteiger partial charge in [-0.1, -0.05) is 29.3 Å². The van der Waals surface area contributed by atoms with Gasteiger partial charge in [-0.05, 0) is 39.8 Å². The van der Waals surface area contributed by atoms with Crippen LogP contribution in [0.4, 0.5) is 13.2 Å². The number of carbonyl (C=O) groups excluding carboxylic acids is 1. The van der Waals surface area contributed by atoms with Crippen molar-refractivity contribution in [3.05, 3.63) is 46.0 Å². The lowest BCUT2D eigenvalue weighted by atomic mass is 10.2. The fourth-order valence-electron chi connectivity index (χ4n) is 2.85. The van der Waals surface area contributed by atoms with Crippen molar-refractivity contribution < 1.29 is 18.0 Å². The Balaban J connectivity index is 2.72. The molecule has 0 fully saturated rings. The minimum absolute atomic E-state index is 0.0176. The maximum Gasteiger partial charge on any atom is 0.434 e. The van der Waals surface area contributed by atoms with Crippen molar-refractivity contribution in [1.29, 1.82) is 0 Å². The predicted molar refractivity (Wildman–Crippen MR) is 95.0 cm³/mol. The Kier molecular flexibility index (Phi) is 5.92. The number of para-hydroxylation sites is 1. The van der Waals surface area contributed by atoms with E-state index in [-0.39, 0.29) is 27.8 Å². The van der Waals surface area contributed by atoms with Gasteiger partial charge in [0, 0.05) is 12.1 Å². The third-order valence-corrected chi connectivity index (χ3v) is 4.37. The molecule has 0 N–H and O–H groups in total. The molecule has 1 aromatic carbocycles. The quantitative estimate of drug-likeness (QED) is 0.674. The van der Waals surface area contributed by atoms with Crippen LogP contribution in [-0.2, 0) is 6.18 Å². The lowest BCUT2D eigenvalue weighted by Gasteiger charge is -2.30. The molecule has 26 heavy (non-hydrogen) atoms. The van der Waals surface area contributed by atoms with E-state index in [1.54, 1.807) is 27.7 Å². The molecular weight excluding hydrogens is 390 g/mol. The number of amides is 1. The van der Waals surface area contributed by atoms with E-state index in [4.69, 9.17) is 23.2 Å². The zero-order chi connectivity index (χ0) is 19.8. The summed E-state index contributed by atoms with van der Waals surface area (Å²) in [4.78, 5) is 17.9. The number of carbonyl (C=O) groups is 1. The van der Waals surface area contributed by atoms with Crippen LogP contribution in [0, 0.1) is 0 Å². The van der Waals surface area contributed by atoms with Gasteiger partial charge in [0.15, 0.2) is 11.4 Å². The molecule has 0 atom stereocenters. The Bertz CT molecular complexity index is 788. The van der Waals surface area contributed by atoms with Crippen molar-refractivity contribution in [3.8, 4) is 5.69 Å². The Morgan fingerprint density at radius 2 is 1.62 bits per heavy atom. The highest BCUT2D eigenvalue weighted by atomic mass is 35.5. The van der Waals surface area contributed by atoms with Crippen LogP contribution in [0.1, 0.15) is 43.9 Å². The second-order valence-corrected chi connectivity index (χ2v) is 7.09. The second kappa shape index (κ2) is 7.48. The SMILES string of the molecule is CC(C)N(C(=O)c1ncn(-c2c(Cl)cccc2Cl)c1C(F)(F)F)C(C)C. The average Bonchev–Trinajstić information content (AvgIpc) is 2.91. The number of nitrogens with zero attached hydrogens (tertiary/aromatic N) is 3. The largest absolute Gasteiger partial charge is 0.434 e. The van der Waals surface area contributed by atoms with Crippen LogP contribution in [0.2, 0.25) is 10.0 Å². The molecule has 0 spiro atoms. The van der Waals surface area contributed by atoms with Crippen LogP contribution in [0.15, 0.2) is 24.5 Å². The second-order valence-electron chi connectivity index (χ2n) is 6.28. The summed E-state index contributed by atoms with van der Waals surface area (Å²) in [6.45, 7) is 6.92. The number of aromatic nitrogens is 2. The molecule has 9 heteroatoms. The first-order valence-electron chi connectivity index (χ1n) is 7.88. The lowest BCUT2D eigenvalue weighted by Crippen LogP contribution is -2.43. The van der Waals surface area contributed by atoms with Crippen LogP contribution in [0.3, 0.4) is 0 Å². The maximum absolute atomic E-state index is 13.8. The summed E-state index contributed by atoms with van der Waals surface area (Å²) in [7, 11) is 0. The third kappa shape index (κ3) is 3.83. The molecule has 0 aliphatic heterocycles. The molecule has 0 unspecified atom stereocenters. The van der Waals surface area contributed by atoms with E-state index in [9.17, 15) is 18.0 Å². The molecule has 0 aliphatic carbocycles. The predicted octanol–water partition coefficient (Wildman–Crippen LogP) is 5.46. The van der Waals surface area contributed by atoms with Gasteiger partial charge in [-0.3, -0.25) is 9.36 Å². The topological polar surface area (TPSA) is 38.1 Å². The number of alkyl halides is 3. The number of hydrogen-bond acceptors (Lipinski definition) is 2. The molecule has 0 saturated carbocycles. The van der Waals surface area contributed by atoms with Crippen LogP contribution in [0.25, 0.3) is 5.69 Å². The van der Waals surface area contributed by atoms with E-state index >= 15 is 0 Å². The van der Waals surface area contributed by atoms with Crippen molar-refractivity contribution in [2.45, 2.75) is 46.0 Å². The van der Waals surface area contributed by atoms with E-state index in [1.165, 1.54) is 23.1 Å². The van der Waals surface area contributed by atoms with Crippen molar-refractivity contribution in [2.75, 3.05) is 0 Å². The minimum Gasteiger partial charge on any atom is -0.332 e. The smallest absolute Gasteiger partial charge is 0.332 e. The zero-order valence-electron chi connectivity index (χ0n) is 14.6. The van der Waals surface area contributed by atoms with E-state index in [0.29, 0.717) is 0 Å². The molecule has 2 rings (SSSR count). The molecule has 0 radical (unpaired) electrons. The summed E-state index contributed by atoms with van der Waals surface area (Å²) in [5.74, 6) is -0.802. The maximum atomic E-state index is 13.8. The van der Waals surface area contributed by atoms with Gasteiger partial charge in [0.25, 0.3) is 5.91 Å². The van der Waals surface area contributed by atoms with Crippen molar-refractivity contribution in [2.24, 2.45) is 0 Å². The fourth-order valence-corrected chi connectivity index (χ4v) is 3.43. The molecule has 1 aromatic heterocycles. The zero-order valence-corrected chi connectivity index (χ0v) is 16.1. The fraction of sp³-hybridized carbons (Fsp3) is 0.412. The first-order valence-corrected chi connectivity index (χ1v) is 8.64. The molecule has 0 bridgehead atoms. The van der Waals surface area contributed by atoms with Crippen molar-refractivity contribution in [1.82, 2.24) is 14.5 Å². The Morgan fingerprint density at radius 3 is 2.04 bits per heavy atom. The number of imidazole rings is 1. The van der Waals surface area contributed by atoms with E-state index in [0.717, 1.165) is 10.9 Å². The highest BCUT2D eigenvalue weighted by molar-refractivity contribution is 6.37. The highest BCUT2D eigenvalue weighted by Gasteiger charge is 2.42. The van der Waals surface area contributed by atoms with Gasteiger partial charge < -0.3 is 4.90 Å². The molecule has 2 aromatic rings. The number of halogens is 5. The van der Waals surface area contributed by atoms with Crippen LogP contribution in [0.5, 0.6) is 0 Å². The number of hydrogen-bond donors (Lipinski definition) is 0. The number of benzene rings is 1. The van der Waals surface area contributed by atoms with Crippen molar-refractivity contribution in [3.63, 3.8) is 0 Å². The summed E-state index contributed by atoms with van der Waals surface area (Å²) in [5, 5.41) is 0.0351. The summed E-state index contributed by atoms with van der Waals surface area (Å²) in [6, 6.07) is 3.76. The number of rotatable bonds is 4. The van der Waals surface area contributed by atoms with Gasteiger partial charge in [-0.25, -0.2) is 4.98 Å². The van der Waals surface area contributed by atoms with Gasteiger partial charge in [0.2, 0.25) is 0 Å². The Morgan fingerprint density at radius 1 is 1.12 bits per heavy atom. The van der Waals surface area contributed by atoms with E-state index in [2.05, 4.69) is 4.98 Å². The third-order valence-electron chi connectivity index (χ3n) is 3.76. The first kappa shape index (κ1) is 20.6. The molecule has 0 saturated heterocycles. The van der Waals surface area contributed by atoms with Gasteiger partial charge in [0.1, 0.15) is 6.33 Å². The van der Waals surface area contributed by atoms with E-state index in [1.807, 2.05) is 0 Å². The lowest BCUT2D eigenvalue weighted by molar-refractivity contribution is -0.142. The molecular formula is C17H18Cl2F3N3O. The standard InChI is InChI=1S/C17H18Cl2F3N3O/c1-9(2)25(10(3)4)16(26)13-15(17(20,21)22)24(8-23-13)14-11(18)6-5-7-12(14)19/h5-10H,1-4H3. The Labute approximate surface area is 159 Å².